The lowest BCUT2D eigenvalue weighted by atomic mass is 10.2. The summed E-state index contributed by atoms with van der Waals surface area (Å²) in [5, 5.41) is 0.698. The predicted molar refractivity (Wildman–Crippen MR) is 65.7 cm³/mol. The van der Waals surface area contributed by atoms with Gasteiger partial charge in [0.05, 0.1) is 0 Å². The Balaban J connectivity index is 2.16. The van der Waals surface area contributed by atoms with E-state index in [0.29, 0.717) is 5.25 Å². The van der Waals surface area contributed by atoms with Gasteiger partial charge in [-0.05, 0) is 30.7 Å². The van der Waals surface area contributed by atoms with Crippen LogP contribution in [-0.2, 0) is 6.42 Å². The Morgan fingerprint density at radius 2 is 2.00 bits per heavy atom. The number of hydrogen-bond acceptors (Lipinski definition) is 2. The first-order valence-corrected chi connectivity index (χ1v) is 6.23. The van der Waals surface area contributed by atoms with E-state index in [-0.39, 0.29) is 0 Å². The molecular formula is C12H19NS. The van der Waals surface area contributed by atoms with Crippen molar-refractivity contribution in [1.29, 1.82) is 0 Å². The van der Waals surface area contributed by atoms with Crippen LogP contribution >= 0.6 is 11.8 Å². The largest absolute Gasteiger partial charge is 0.330 e. The SMILES string of the molecule is CC(CCN)SCCc1ccccc1. The lowest BCUT2D eigenvalue weighted by Crippen LogP contribution is -2.07. The van der Waals surface area contributed by atoms with Crippen LogP contribution in [0, 0.1) is 0 Å². The fourth-order valence-electron chi connectivity index (χ4n) is 1.34. The van der Waals surface area contributed by atoms with Crippen LogP contribution in [0.15, 0.2) is 30.3 Å². The van der Waals surface area contributed by atoms with Crippen LogP contribution in [0.4, 0.5) is 0 Å². The molecule has 1 unspecified atom stereocenters. The van der Waals surface area contributed by atoms with Gasteiger partial charge in [-0.25, -0.2) is 0 Å². The second kappa shape index (κ2) is 6.91. The van der Waals surface area contributed by atoms with Crippen LogP contribution in [0.5, 0.6) is 0 Å². The predicted octanol–water partition coefficient (Wildman–Crippen LogP) is 2.70. The van der Waals surface area contributed by atoms with Gasteiger partial charge in [0, 0.05) is 5.25 Å². The van der Waals surface area contributed by atoms with E-state index >= 15 is 0 Å². The van der Waals surface area contributed by atoms with E-state index in [1.165, 1.54) is 17.7 Å². The fraction of sp³-hybridized carbons (Fsp3) is 0.500. The van der Waals surface area contributed by atoms with E-state index in [4.69, 9.17) is 5.73 Å². The van der Waals surface area contributed by atoms with E-state index in [1.54, 1.807) is 0 Å². The topological polar surface area (TPSA) is 26.0 Å². The van der Waals surface area contributed by atoms with E-state index in [1.807, 2.05) is 11.8 Å². The van der Waals surface area contributed by atoms with Gasteiger partial charge in [0.1, 0.15) is 0 Å². The van der Waals surface area contributed by atoms with Gasteiger partial charge in [-0.15, -0.1) is 0 Å². The third-order valence-corrected chi connectivity index (χ3v) is 3.45. The minimum Gasteiger partial charge on any atom is -0.330 e. The maximum atomic E-state index is 5.50. The molecule has 1 aromatic carbocycles. The summed E-state index contributed by atoms with van der Waals surface area (Å²) in [5.41, 5.74) is 6.93. The van der Waals surface area contributed by atoms with Crippen LogP contribution in [0.2, 0.25) is 0 Å². The summed E-state index contributed by atoms with van der Waals surface area (Å²) in [6.45, 7) is 3.06. The molecule has 0 aromatic heterocycles. The summed E-state index contributed by atoms with van der Waals surface area (Å²) >= 11 is 2.02. The van der Waals surface area contributed by atoms with Gasteiger partial charge in [-0.2, -0.15) is 11.8 Å². The molecule has 0 bridgehead atoms. The maximum Gasteiger partial charge on any atom is 0.00308 e. The summed E-state index contributed by atoms with van der Waals surface area (Å²) in [6, 6.07) is 10.6. The van der Waals surface area contributed by atoms with Crippen molar-refractivity contribution in [3.8, 4) is 0 Å². The highest BCUT2D eigenvalue weighted by molar-refractivity contribution is 7.99. The van der Waals surface area contributed by atoms with Gasteiger partial charge in [0.2, 0.25) is 0 Å². The molecule has 0 saturated heterocycles. The number of aryl methyl sites for hydroxylation is 1. The fourth-order valence-corrected chi connectivity index (χ4v) is 2.40. The normalized spacial score (nSPS) is 12.7. The van der Waals surface area contributed by atoms with Crippen molar-refractivity contribution >= 4 is 11.8 Å². The van der Waals surface area contributed by atoms with Gasteiger partial charge in [0.25, 0.3) is 0 Å². The summed E-state index contributed by atoms with van der Waals surface area (Å²) < 4.78 is 0. The molecule has 0 aliphatic rings. The monoisotopic (exact) mass is 209 g/mol. The second-order valence-corrected chi connectivity index (χ2v) is 5.04. The number of benzene rings is 1. The van der Waals surface area contributed by atoms with E-state index < -0.39 is 0 Å². The molecule has 0 amide bonds. The summed E-state index contributed by atoms with van der Waals surface area (Å²) in [6.07, 6.45) is 2.29. The minimum atomic E-state index is 0.698. The molecule has 14 heavy (non-hydrogen) atoms. The van der Waals surface area contributed by atoms with Crippen molar-refractivity contribution in [3.63, 3.8) is 0 Å². The second-order valence-electron chi connectivity index (χ2n) is 3.49. The molecule has 1 nitrogen and oxygen atoms in total. The number of rotatable bonds is 6. The molecule has 0 radical (unpaired) electrons. The molecule has 0 spiro atoms. The molecule has 0 fully saturated rings. The zero-order valence-electron chi connectivity index (χ0n) is 8.78. The lowest BCUT2D eigenvalue weighted by molar-refractivity contribution is 0.822. The summed E-state index contributed by atoms with van der Waals surface area (Å²) in [4.78, 5) is 0. The molecule has 1 atom stereocenters. The quantitative estimate of drug-likeness (QED) is 0.779. The average molecular weight is 209 g/mol. The van der Waals surface area contributed by atoms with E-state index in [9.17, 15) is 0 Å². The van der Waals surface area contributed by atoms with Crippen molar-refractivity contribution in [1.82, 2.24) is 0 Å². The van der Waals surface area contributed by atoms with Crippen molar-refractivity contribution in [3.05, 3.63) is 35.9 Å². The maximum absolute atomic E-state index is 5.50. The molecule has 1 rings (SSSR count). The number of thioether (sulfide) groups is 1. The summed E-state index contributed by atoms with van der Waals surface area (Å²) in [5.74, 6) is 1.20. The zero-order chi connectivity index (χ0) is 10.2. The van der Waals surface area contributed by atoms with E-state index in [0.717, 1.165) is 13.0 Å². The van der Waals surface area contributed by atoms with Crippen molar-refractivity contribution in [2.24, 2.45) is 5.73 Å². The Labute approximate surface area is 91.1 Å². The Hall–Kier alpha value is -0.470. The van der Waals surface area contributed by atoms with Crippen molar-refractivity contribution in [2.45, 2.75) is 25.0 Å². The lowest BCUT2D eigenvalue weighted by Gasteiger charge is -2.09. The third kappa shape index (κ3) is 4.68. The summed E-state index contributed by atoms with van der Waals surface area (Å²) in [7, 11) is 0. The van der Waals surface area contributed by atoms with Gasteiger partial charge < -0.3 is 5.73 Å². The molecule has 78 valence electrons. The molecule has 0 heterocycles. The van der Waals surface area contributed by atoms with Crippen LogP contribution in [-0.4, -0.2) is 17.5 Å². The molecule has 2 heteroatoms. The molecule has 2 N–H and O–H groups in total. The minimum absolute atomic E-state index is 0.698. The Morgan fingerprint density at radius 3 is 2.64 bits per heavy atom. The third-order valence-electron chi connectivity index (χ3n) is 2.21. The van der Waals surface area contributed by atoms with Crippen LogP contribution in [0.25, 0.3) is 0 Å². The van der Waals surface area contributed by atoms with Crippen LogP contribution in [0.3, 0.4) is 0 Å². The van der Waals surface area contributed by atoms with Gasteiger partial charge >= 0.3 is 0 Å². The first-order valence-electron chi connectivity index (χ1n) is 5.18. The highest BCUT2D eigenvalue weighted by Crippen LogP contribution is 2.15. The molecular weight excluding hydrogens is 190 g/mol. The van der Waals surface area contributed by atoms with Gasteiger partial charge in [0.15, 0.2) is 0 Å². The highest BCUT2D eigenvalue weighted by atomic mass is 32.2. The highest BCUT2D eigenvalue weighted by Gasteiger charge is 2.00. The molecule has 0 aliphatic carbocycles. The zero-order valence-corrected chi connectivity index (χ0v) is 9.59. The Bertz CT molecular complexity index is 235. The van der Waals surface area contributed by atoms with Crippen LogP contribution < -0.4 is 5.73 Å². The standard InChI is InChI=1S/C12H19NS/c1-11(7-9-13)14-10-8-12-5-3-2-4-6-12/h2-6,11H,7-10,13H2,1H3. The molecule has 0 saturated carbocycles. The van der Waals surface area contributed by atoms with Crippen molar-refractivity contribution in [2.75, 3.05) is 12.3 Å². The first-order chi connectivity index (χ1) is 6.83. The van der Waals surface area contributed by atoms with Crippen molar-refractivity contribution < 1.29 is 0 Å². The number of nitrogens with two attached hydrogens (primary N) is 1. The molecule has 0 aliphatic heterocycles. The first kappa shape index (κ1) is 11.6. The Kier molecular flexibility index (Phi) is 5.72. The number of hydrogen-bond donors (Lipinski definition) is 1. The van der Waals surface area contributed by atoms with E-state index in [2.05, 4.69) is 37.3 Å². The average Bonchev–Trinajstić information content (AvgIpc) is 2.20. The van der Waals surface area contributed by atoms with Gasteiger partial charge in [-0.1, -0.05) is 37.3 Å². The van der Waals surface area contributed by atoms with Gasteiger partial charge in [-0.3, -0.25) is 0 Å². The Morgan fingerprint density at radius 1 is 1.29 bits per heavy atom. The van der Waals surface area contributed by atoms with Crippen LogP contribution in [0.1, 0.15) is 18.9 Å². The molecule has 1 aromatic rings. The smallest absolute Gasteiger partial charge is 0.00308 e.